The van der Waals surface area contributed by atoms with Crippen molar-refractivity contribution in [1.82, 2.24) is 40.4 Å². The molecule has 3 aliphatic heterocycles. The number of hydrogen-bond donors (Lipinski definition) is 4. The van der Waals surface area contributed by atoms with Crippen LogP contribution in [0.5, 0.6) is 5.75 Å². The van der Waals surface area contributed by atoms with E-state index in [9.17, 15) is 42.3 Å². The van der Waals surface area contributed by atoms with Gasteiger partial charge in [0.15, 0.2) is 0 Å². The second-order valence-corrected chi connectivity index (χ2v) is 19.6. The number of alkyl halides is 3. The standard InChI is InChI=1S/C50H63F3N8O8/c1-10-60-38-16-15-30-23-34(38)35(43(60)33-13-11-17-54-40(33)28(4)68-9)24-49(5,6)26-69-48(67)36-14-12-18-61(57-36)46(65)37(21-29-19-31(30)22-32(62)20-29)55-45(64)42(27(2)3)59(8)39(63)25-58(7)47(66)41-44(56-41)50(51,52)53/h11,13,15-17,19-20,22-23,27-28,36-37,41-42,44,56-57,62H,10,12,14,18,21,24-26H2,1-9H3,(H,55,64)/t28-,36-,37-,41-,42-,44+/m0/s1. The van der Waals surface area contributed by atoms with Gasteiger partial charge in [0.05, 0.1) is 30.6 Å². The fraction of sp³-hybridized carbons (Fsp3) is 0.520. The van der Waals surface area contributed by atoms with Gasteiger partial charge in [-0.1, -0.05) is 39.8 Å². The van der Waals surface area contributed by atoms with Gasteiger partial charge in [-0.3, -0.25) is 39.3 Å². The molecule has 0 unspecified atom stereocenters. The van der Waals surface area contributed by atoms with Gasteiger partial charge in [-0.2, -0.15) is 13.2 Å². The average molecular weight is 961 g/mol. The Balaban J connectivity index is 1.27. The normalized spacial score (nSPS) is 21.6. The van der Waals surface area contributed by atoms with Gasteiger partial charge in [0.2, 0.25) is 17.7 Å². The summed E-state index contributed by atoms with van der Waals surface area (Å²) in [6, 6.07) is 8.13. The molecular weight excluding hydrogens is 898 g/mol. The van der Waals surface area contributed by atoms with Crippen LogP contribution in [0.4, 0.5) is 13.2 Å². The Bertz CT molecular complexity index is 2620. The van der Waals surface area contributed by atoms with Gasteiger partial charge >= 0.3 is 12.1 Å². The van der Waals surface area contributed by atoms with E-state index in [1.165, 1.54) is 25.2 Å². The minimum atomic E-state index is -4.63. The molecule has 6 bridgehead atoms. The van der Waals surface area contributed by atoms with Gasteiger partial charge in [0, 0.05) is 68.8 Å². The van der Waals surface area contributed by atoms with E-state index in [1.54, 1.807) is 33.2 Å². The average Bonchev–Trinajstić information content (AvgIpc) is 4.07. The van der Waals surface area contributed by atoms with Crippen LogP contribution in [0, 0.1) is 11.3 Å². The molecular formula is C50H63F3N8O8. The topological polar surface area (TPSA) is 198 Å². The smallest absolute Gasteiger partial charge is 0.405 e. The number of phenolic OH excluding ortho intramolecular Hbond substituents is 1. The fourth-order valence-electron chi connectivity index (χ4n) is 9.67. The molecule has 2 saturated heterocycles. The summed E-state index contributed by atoms with van der Waals surface area (Å²) in [4.78, 5) is 76.2. The number of ether oxygens (including phenoxy) is 2. The predicted octanol–water partition coefficient (Wildman–Crippen LogP) is 5.30. The van der Waals surface area contributed by atoms with Crippen molar-refractivity contribution in [2.24, 2.45) is 11.3 Å². The quantitative estimate of drug-likeness (QED) is 0.113. The molecule has 19 heteroatoms. The Hall–Kier alpha value is -6.05. The Kier molecular flexibility index (Phi) is 14.8. The van der Waals surface area contributed by atoms with Crippen molar-refractivity contribution in [3.05, 3.63) is 71.5 Å². The second-order valence-electron chi connectivity index (χ2n) is 19.6. The number of carbonyl (C=O) groups is 5. The van der Waals surface area contributed by atoms with Crippen LogP contribution in [0.3, 0.4) is 0 Å². The monoisotopic (exact) mass is 960 g/mol. The number of fused-ring (bicyclic) bond motifs is 6. The highest BCUT2D eigenvalue weighted by Crippen LogP contribution is 2.42. The van der Waals surface area contributed by atoms with Gasteiger partial charge in [0.1, 0.15) is 36.0 Å². The largest absolute Gasteiger partial charge is 0.508 e. The highest BCUT2D eigenvalue weighted by atomic mass is 19.4. The first-order valence-electron chi connectivity index (χ1n) is 23.4. The lowest BCUT2D eigenvalue weighted by Crippen LogP contribution is -2.62. The van der Waals surface area contributed by atoms with Crippen molar-refractivity contribution in [1.29, 1.82) is 0 Å². The molecule has 4 N–H and O–H groups in total. The lowest BCUT2D eigenvalue weighted by atomic mass is 9.84. The number of halogens is 3. The van der Waals surface area contributed by atoms with E-state index < -0.39 is 83.9 Å². The number of pyridine rings is 1. The van der Waals surface area contributed by atoms with Gasteiger partial charge < -0.3 is 34.3 Å². The number of nitrogens with zero attached hydrogens (tertiary/aromatic N) is 5. The zero-order valence-electron chi connectivity index (χ0n) is 40.6. The second kappa shape index (κ2) is 20.1. The number of aromatic hydroxyl groups is 1. The van der Waals surface area contributed by atoms with Crippen LogP contribution >= 0.6 is 0 Å². The number of benzene rings is 2. The van der Waals surface area contributed by atoms with Crippen molar-refractivity contribution in [2.45, 2.75) is 116 Å². The number of methoxy groups -OCH3 is 1. The van der Waals surface area contributed by atoms with Crippen LogP contribution in [0.25, 0.3) is 33.3 Å². The minimum Gasteiger partial charge on any atom is -0.508 e. The van der Waals surface area contributed by atoms with Crippen LogP contribution < -0.4 is 16.1 Å². The first-order valence-corrected chi connectivity index (χ1v) is 23.4. The summed E-state index contributed by atoms with van der Waals surface area (Å²) in [5, 5.41) is 18.5. The molecule has 2 aromatic heterocycles. The third-order valence-corrected chi connectivity index (χ3v) is 13.3. The molecule has 372 valence electrons. The molecule has 3 aliphatic rings. The number of aryl methyl sites for hydroxylation is 1. The maximum atomic E-state index is 14.7. The lowest BCUT2D eigenvalue weighted by molar-refractivity contribution is -0.155. The molecule has 0 spiro atoms. The third-order valence-electron chi connectivity index (χ3n) is 13.3. The zero-order chi connectivity index (χ0) is 50.3. The number of cyclic esters (lactones) is 1. The van der Waals surface area contributed by atoms with E-state index in [2.05, 4.69) is 33.6 Å². The number of nitrogens with one attached hydrogen (secondary N) is 3. The minimum absolute atomic E-state index is 0.0528. The summed E-state index contributed by atoms with van der Waals surface area (Å²) in [7, 11) is 4.21. The van der Waals surface area contributed by atoms with E-state index in [0.29, 0.717) is 36.9 Å². The fourth-order valence-corrected chi connectivity index (χ4v) is 9.67. The molecule has 0 saturated carbocycles. The number of esters is 1. The lowest BCUT2D eigenvalue weighted by Gasteiger charge is -2.37. The van der Waals surface area contributed by atoms with Crippen molar-refractivity contribution in [3.8, 4) is 28.1 Å². The van der Waals surface area contributed by atoms with Crippen LogP contribution in [-0.4, -0.2) is 136 Å². The van der Waals surface area contributed by atoms with Gasteiger partial charge in [-0.15, -0.1) is 0 Å². The molecule has 0 radical (unpaired) electrons. The van der Waals surface area contributed by atoms with Crippen molar-refractivity contribution >= 4 is 40.5 Å². The molecule has 0 aliphatic carbocycles. The summed E-state index contributed by atoms with van der Waals surface area (Å²) in [5.74, 6) is -4.09. The molecule has 69 heavy (non-hydrogen) atoms. The molecule has 4 aromatic rings. The summed E-state index contributed by atoms with van der Waals surface area (Å²) in [5.41, 5.74) is 8.99. The number of likely N-dealkylation sites (N-methyl/N-ethyl adjacent to an activating group) is 2. The Morgan fingerprint density at radius 2 is 1.81 bits per heavy atom. The molecule has 2 aromatic carbocycles. The van der Waals surface area contributed by atoms with Crippen LogP contribution in [-0.2, 0) is 52.8 Å². The van der Waals surface area contributed by atoms with Crippen molar-refractivity contribution in [2.75, 3.05) is 40.9 Å². The Labute approximate surface area is 399 Å². The number of hydrazine groups is 1. The van der Waals surface area contributed by atoms with Gasteiger partial charge in [-0.05, 0) is 97.7 Å². The summed E-state index contributed by atoms with van der Waals surface area (Å²) >= 11 is 0. The predicted molar refractivity (Wildman–Crippen MR) is 251 cm³/mol. The summed E-state index contributed by atoms with van der Waals surface area (Å²) < 4.78 is 53.7. The van der Waals surface area contributed by atoms with E-state index in [1.807, 2.05) is 51.1 Å². The first-order chi connectivity index (χ1) is 32.5. The summed E-state index contributed by atoms with van der Waals surface area (Å²) in [6.45, 7) is 11.8. The van der Waals surface area contributed by atoms with E-state index in [-0.39, 0.29) is 31.4 Å². The van der Waals surface area contributed by atoms with Crippen LogP contribution in [0.2, 0.25) is 0 Å². The number of carbonyl (C=O) groups excluding carboxylic acids is 5. The molecule has 4 amide bonds. The highest BCUT2D eigenvalue weighted by molar-refractivity contribution is 5.96. The van der Waals surface area contributed by atoms with E-state index >= 15 is 0 Å². The SMILES string of the molecule is CCn1c(-c2cccnc2[C@H](C)OC)c2c3cc(ccc31)-c1cc(O)cc(c1)C[C@H](NC(=O)[C@H](C(C)C)N(C)C(=O)CN(C)C(=O)[C@H]1N[C@H]1C(F)(F)F)C(=O)N1CCC[C@H](N1)C(=O)OCC(C)(C)C2. The van der Waals surface area contributed by atoms with Gasteiger partial charge in [-0.25, -0.2) is 5.43 Å². The van der Waals surface area contributed by atoms with Crippen LogP contribution in [0.1, 0.15) is 77.3 Å². The Morgan fingerprint density at radius 1 is 1.07 bits per heavy atom. The third kappa shape index (κ3) is 10.9. The first kappa shape index (κ1) is 50.8. The van der Waals surface area contributed by atoms with E-state index in [4.69, 9.17) is 14.5 Å². The molecule has 16 nitrogen and oxygen atoms in total. The zero-order valence-corrected chi connectivity index (χ0v) is 40.6. The molecule has 6 atom stereocenters. The van der Waals surface area contributed by atoms with Crippen LogP contribution in [0.15, 0.2) is 54.7 Å². The van der Waals surface area contributed by atoms with Crippen molar-refractivity contribution in [3.63, 3.8) is 0 Å². The number of phenols is 1. The highest BCUT2D eigenvalue weighted by Gasteiger charge is 2.59. The van der Waals surface area contributed by atoms with Gasteiger partial charge in [0.25, 0.3) is 5.91 Å². The Morgan fingerprint density at radius 3 is 2.48 bits per heavy atom. The molecule has 5 heterocycles. The number of amides is 4. The number of hydrogen-bond acceptors (Lipinski definition) is 11. The summed E-state index contributed by atoms with van der Waals surface area (Å²) in [6.07, 6.45) is -2.01. The van der Waals surface area contributed by atoms with Crippen molar-refractivity contribution < 1.29 is 51.7 Å². The van der Waals surface area contributed by atoms with E-state index in [0.717, 1.165) is 48.8 Å². The molecule has 2 fully saturated rings. The molecule has 7 rings (SSSR count). The maximum absolute atomic E-state index is 14.7. The number of rotatable bonds is 11. The maximum Gasteiger partial charge on any atom is 0.405 e. The number of aromatic nitrogens is 2.